The highest BCUT2D eigenvalue weighted by atomic mass is 32.2. The monoisotopic (exact) mass is 236 g/mol. The lowest BCUT2D eigenvalue weighted by Crippen LogP contribution is -1.74. The number of nitrogens with zero attached hydrogens (tertiary/aromatic N) is 2. The van der Waals surface area contributed by atoms with E-state index in [0.717, 1.165) is 20.4 Å². The molecule has 0 saturated carbocycles. The molecule has 78 valence electrons. The van der Waals surface area contributed by atoms with Gasteiger partial charge in [0, 0.05) is 11.9 Å². The van der Waals surface area contributed by atoms with Crippen molar-refractivity contribution in [2.45, 2.75) is 18.2 Å². The molecule has 0 saturated heterocycles. The maximum Gasteiger partial charge on any atom is 0.152 e. The Labute approximate surface area is 97.5 Å². The Kier molecular flexibility index (Phi) is 3.38. The van der Waals surface area contributed by atoms with Gasteiger partial charge < -0.3 is 0 Å². The molecule has 0 N–H and O–H groups in total. The maximum absolute atomic E-state index is 4.50. The van der Waals surface area contributed by atoms with E-state index in [2.05, 4.69) is 29.9 Å². The second-order valence-corrected chi connectivity index (χ2v) is 5.64. The SMILES string of the molecule is CC(C)=CCSc1nc2cccnc2s1. The Balaban J connectivity index is 2.12. The van der Waals surface area contributed by atoms with E-state index in [0.29, 0.717) is 0 Å². The molecular weight excluding hydrogens is 224 g/mol. The Morgan fingerprint density at radius 3 is 3.13 bits per heavy atom. The second-order valence-electron chi connectivity index (χ2n) is 3.40. The highest BCUT2D eigenvalue weighted by Gasteiger charge is 2.03. The Morgan fingerprint density at radius 1 is 1.53 bits per heavy atom. The summed E-state index contributed by atoms with van der Waals surface area (Å²) in [6.07, 6.45) is 4.02. The normalized spacial score (nSPS) is 10.5. The molecule has 0 spiro atoms. The predicted molar refractivity (Wildman–Crippen MR) is 67.6 cm³/mol. The summed E-state index contributed by atoms with van der Waals surface area (Å²) in [7, 11) is 0. The molecule has 2 nitrogen and oxygen atoms in total. The summed E-state index contributed by atoms with van der Waals surface area (Å²) < 4.78 is 1.10. The van der Waals surface area contributed by atoms with Crippen LogP contribution in [0.2, 0.25) is 0 Å². The van der Waals surface area contributed by atoms with Crippen LogP contribution in [0.3, 0.4) is 0 Å². The number of hydrogen-bond donors (Lipinski definition) is 0. The van der Waals surface area contributed by atoms with Crippen LogP contribution in [0.15, 0.2) is 34.3 Å². The van der Waals surface area contributed by atoms with Crippen molar-refractivity contribution in [2.75, 3.05) is 5.75 Å². The number of thioether (sulfide) groups is 1. The van der Waals surface area contributed by atoms with Gasteiger partial charge in [-0.3, -0.25) is 0 Å². The number of fused-ring (bicyclic) bond motifs is 1. The van der Waals surface area contributed by atoms with E-state index >= 15 is 0 Å². The molecule has 2 heterocycles. The lowest BCUT2D eigenvalue weighted by molar-refractivity contribution is 1.29. The van der Waals surface area contributed by atoms with E-state index in [1.54, 1.807) is 23.1 Å². The molecule has 2 aromatic rings. The Hall–Kier alpha value is -0.870. The van der Waals surface area contributed by atoms with Gasteiger partial charge in [-0.25, -0.2) is 9.97 Å². The molecule has 0 aromatic carbocycles. The van der Waals surface area contributed by atoms with Gasteiger partial charge in [-0.1, -0.05) is 34.7 Å². The minimum atomic E-state index is 0.988. The van der Waals surface area contributed by atoms with Crippen molar-refractivity contribution < 1.29 is 0 Å². The minimum absolute atomic E-state index is 0.988. The molecule has 0 fully saturated rings. The van der Waals surface area contributed by atoms with Gasteiger partial charge in [-0.05, 0) is 26.0 Å². The topological polar surface area (TPSA) is 25.8 Å². The fraction of sp³-hybridized carbons (Fsp3) is 0.273. The smallest absolute Gasteiger partial charge is 0.152 e. The number of thiazole rings is 1. The number of pyridine rings is 1. The summed E-state index contributed by atoms with van der Waals surface area (Å²) in [4.78, 5) is 9.80. The van der Waals surface area contributed by atoms with Crippen molar-refractivity contribution in [1.29, 1.82) is 0 Å². The number of aromatic nitrogens is 2. The van der Waals surface area contributed by atoms with E-state index in [1.165, 1.54) is 5.57 Å². The number of hydrogen-bond acceptors (Lipinski definition) is 4. The second kappa shape index (κ2) is 4.77. The zero-order chi connectivity index (χ0) is 10.7. The summed E-state index contributed by atoms with van der Waals surface area (Å²) in [5, 5.41) is 0. The van der Waals surface area contributed by atoms with E-state index in [9.17, 15) is 0 Å². The van der Waals surface area contributed by atoms with Crippen molar-refractivity contribution in [1.82, 2.24) is 9.97 Å². The highest BCUT2D eigenvalue weighted by Crippen LogP contribution is 2.27. The number of rotatable bonds is 3. The van der Waals surface area contributed by atoms with Gasteiger partial charge in [-0.15, -0.1) is 0 Å². The lowest BCUT2D eigenvalue weighted by atomic mass is 10.3. The van der Waals surface area contributed by atoms with Gasteiger partial charge in [0.25, 0.3) is 0 Å². The van der Waals surface area contributed by atoms with Crippen LogP contribution in [0.1, 0.15) is 13.8 Å². The summed E-state index contributed by atoms with van der Waals surface area (Å²) in [6.45, 7) is 4.22. The molecule has 0 radical (unpaired) electrons. The summed E-state index contributed by atoms with van der Waals surface area (Å²) in [6, 6.07) is 3.93. The van der Waals surface area contributed by atoms with Crippen LogP contribution in [0.25, 0.3) is 10.3 Å². The molecule has 2 rings (SSSR count). The third kappa shape index (κ3) is 2.79. The first-order chi connectivity index (χ1) is 7.25. The van der Waals surface area contributed by atoms with Crippen molar-refractivity contribution in [3.63, 3.8) is 0 Å². The summed E-state index contributed by atoms with van der Waals surface area (Å²) in [5.74, 6) is 0.988. The molecule has 15 heavy (non-hydrogen) atoms. The number of allylic oxidation sites excluding steroid dienone is 1. The fourth-order valence-electron chi connectivity index (χ4n) is 1.09. The molecule has 0 unspecified atom stereocenters. The average Bonchev–Trinajstić information content (AvgIpc) is 2.59. The van der Waals surface area contributed by atoms with Gasteiger partial charge in [0.1, 0.15) is 10.3 Å². The summed E-state index contributed by atoms with van der Waals surface area (Å²) >= 11 is 3.43. The third-order valence-electron chi connectivity index (χ3n) is 1.85. The minimum Gasteiger partial charge on any atom is -0.244 e. The van der Waals surface area contributed by atoms with E-state index in [4.69, 9.17) is 0 Å². The molecule has 0 aliphatic heterocycles. The van der Waals surface area contributed by atoms with Gasteiger partial charge >= 0.3 is 0 Å². The maximum atomic E-state index is 4.50. The van der Waals surface area contributed by atoms with Crippen LogP contribution < -0.4 is 0 Å². The first kappa shape index (κ1) is 10.6. The fourth-order valence-corrected chi connectivity index (χ4v) is 3.13. The highest BCUT2D eigenvalue weighted by molar-refractivity contribution is 8.01. The van der Waals surface area contributed by atoms with Crippen LogP contribution in [0, 0.1) is 0 Å². The molecule has 0 aliphatic rings. The van der Waals surface area contributed by atoms with Crippen molar-refractivity contribution in [2.24, 2.45) is 0 Å². The predicted octanol–water partition coefficient (Wildman–Crippen LogP) is 3.75. The zero-order valence-electron chi connectivity index (χ0n) is 8.73. The van der Waals surface area contributed by atoms with Crippen LogP contribution >= 0.6 is 23.1 Å². The Morgan fingerprint density at radius 2 is 2.40 bits per heavy atom. The molecule has 0 aliphatic carbocycles. The van der Waals surface area contributed by atoms with Gasteiger partial charge in [0.05, 0.1) is 0 Å². The molecule has 2 aromatic heterocycles. The lowest BCUT2D eigenvalue weighted by Gasteiger charge is -1.90. The van der Waals surface area contributed by atoms with E-state index in [1.807, 2.05) is 18.3 Å². The van der Waals surface area contributed by atoms with Gasteiger partial charge in [-0.2, -0.15) is 0 Å². The molecule has 0 bridgehead atoms. The van der Waals surface area contributed by atoms with E-state index in [-0.39, 0.29) is 0 Å². The first-order valence-corrected chi connectivity index (χ1v) is 6.53. The largest absolute Gasteiger partial charge is 0.244 e. The molecule has 0 atom stereocenters. The van der Waals surface area contributed by atoms with Crippen molar-refractivity contribution >= 4 is 33.4 Å². The Bertz CT molecular complexity index is 451. The molecule has 4 heteroatoms. The first-order valence-electron chi connectivity index (χ1n) is 4.73. The van der Waals surface area contributed by atoms with Crippen LogP contribution in [0.5, 0.6) is 0 Å². The van der Waals surface area contributed by atoms with E-state index < -0.39 is 0 Å². The van der Waals surface area contributed by atoms with Crippen molar-refractivity contribution in [3.05, 3.63) is 30.0 Å². The van der Waals surface area contributed by atoms with Crippen LogP contribution in [-0.4, -0.2) is 15.7 Å². The standard InChI is InChI=1S/C11H12N2S2/c1-8(2)5-7-14-11-13-9-4-3-6-12-10(9)15-11/h3-6H,7H2,1-2H3. The van der Waals surface area contributed by atoms with Crippen molar-refractivity contribution in [3.8, 4) is 0 Å². The zero-order valence-corrected chi connectivity index (χ0v) is 10.4. The third-order valence-corrected chi connectivity index (χ3v) is 3.89. The molecule has 0 amide bonds. The average molecular weight is 236 g/mol. The van der Waals surface area contributed by atoms with Crippen LogP contribution in [-0.2, 0) is 0 Å². The van der Waals surface area contributed by atoms with Gasteiger partial charge in [0.15, 0.2) is 4.34 Å². The quantitative estimate of drug-likeness (QED) is 0.599. The summed E-state index contributed by atoms with van der Waals surface area (Å²) in [5.41, 5.74) is 2.35. The van der Waals surface area contributed by atoms with Crippen LogP contribution in [0.4, 0.5) is 0 Å². The van der Waals surface area contributed by atoms with Gasteiger partial charge in [0.2, 0.25) is 0 Å². The molecular formula is C11H12N2S2.